The lowest BCUT2D eigenvalue weighted by atomic mass is 10.0. The van der Waals surface area contributed by atoms with E-state index in [1.54, 1.807) is 0 Å². The van der Waals surface area contributed by atoms with Gasteiger partial charge in [0.15, 0.2) is 0 Å². The minimum Gasteiger partial charge on any atom is -0.468 e. The number of hydrogen-bond acceptors (Lipinski definition) is 3. The smallest absolute Gasteiger partial charge is 0.323 e. The van der Waals surface area contributed by atoms with E-state index in [-0.39, 0.29) is 12.0 Å². The molecule has 0 amide bonds. The van der Waals surface area contributed by atoms with Crippen molar-refractivity contribution in [3.63, 3.8) is 0 Å². The van der Waals surface area contributed by atoms with Crippen LogP contribution in [0.2, 0.25) is 0 Å². The monoisotopic (exact) mass is 315 g/mol. The topological polar surface area (TPSA) is 29.5 Å². The Bertz CT molecular complexity index is 546. The Balaban J connectivity index is 0.000000433. The van der Waals surface area contributed by atoms with Crippen LogP contribution in [-0.2, 0) is 16.1 Å². The maximum atomic E-state index is 12.1. The van der Waals surface area contributed by atoms with Crippen molar-refractivity contribution < 1.29 is 9.53 Å². The van der Waals surface area contributed by atoms with E-state index >= 15 is 0 Å². The first-order chi connectivity index (χ1) is 11.0. The molecule has 0 bridgehead atoms. The second kappa shape index (κ2) is 7.31. The van der Waals surface area contributed by atoms with Crippen LogP contribution >= 0.6 is 0 Å². The summed E-state index contributed by atoms with van der Waals surface area (Å²) in [6.07, 6.45) is 4.00. The van der Waals surface area contributed by atoms with E-state index < -0.39 is 0 Å². The molecule has 3 atom stereocenters. The fourth-order valence-electron chi connectivity index (χ4n) is 3.75. The quantitative estimate of drug-likeness (QED) is 0.626. The molecule has 0 N–H and O–H groups in total. The first-order valence-electron chi connectivity index (χ1n) is 8.40. The number of likely N-dealkylation sites (tertiary alicyclic amines) is 1. The molecule has 1 aromatic carbocycles. The van der Waals surface area contributed by atoms with Crippen molar-refractivity contribution in [1.82, 2.24) is 4.90 Å². The number of esters is 1. The Morgan fingerprint density at radius 1 is 1.26 bits per heavy atom. The summed E-state index contributed by atoms with van der Waals surface area (Å²) >= 11 is 0. The molecule has 0 radical (unpaired) electrons. The predicted molar refractivity (Wildman–Crippen MR) is 93.9 cm³/mol. The molecule has 1 aliphatic carbocycles. The Hall–Kier alpha value is -1.61. The van der Waals surface area contributed by atoms with E-state index in [0.29, 0.717) is 17.3 Å². The second-order valence-corrected chi connectivity index (χ2v) is 7.00. The zero-order valence-corrected chi connectivity index (χ0v) is 15.0. The van der Waals surface area contributed by atoms with Crippen LogP contribution in [0.5, 0.6) is 0 Å². The number of methoxy groups -OCH3 is 1. The maximum absolute atomic E-state index is 12.1. The molecular formula is C20H29NO2. The number of benzene rings is 1. The number of ether oxygens (including phenoxy) is 1. The largest absolute Gasteiger partial charge is 0.468 e. The van der Waals surface area contributed by atoms with Gasteiger partial charge < -0.3 is 4.74 Å². The summed E-state index contributed by atoms with van der Waals surface area (Å²) in [6.45, 7) is 10.4. The molecule has 3 heteroatoms. The molecule has 3 nitrogen and oxygen atoms in total. The van der Waals surface area contributed by atoms with Crippen LogP contribution in [0.1, 0.15) is 33.3 Å². The molecule has 2 fully saturated rings. The zero-order valence-electron chi connectivity index (χ0n) is 15.0. The Kier molecular flexibility index (Phi) is 5.64. The van der Waals surface area contributed by atoms with Crippen LogP contribution in [0.25, 0.3) is 0 Å². The molecule has 3 rings (SSSR count). The van der Waals surface area contributed by atoms with Crippen molar-refractivity contribution in [3.05, 3.63) is 48.0 Å². The molecular weight excluding hydrogens is 286 g/mol. The molecule has 3 unspecified atom stereocenters. The summed E-state index contributed by atoms with van der Waals surface area (Å²) in [7, 11) is 1.49. The molecule has 0 spiro atoms. The van der Waals surface area contributed by atoms with Gasteiger partial charge in [-0.2, -0.15) is 0 Å². The van der Waals surface area contributed by atoms with Crippen LogP contribution in [0.15, 0.2) is 42.5 Å². The maximum Gasteiger partial charge on any atom is 0.323 e. The van der Waals surface area contributed by atoms with Gasteiger partial charge in [0.2, 0.25) is 0 Å². The lowest BCUT2D eigenvalue weighted by Gasteiger charge is -2.28. The highest BCUT2D eigenvalue weighted by atomic mass is 16.5. The summed E-state index contributed by atoms with van der Waals surface area (Å²) in [5.74, 6) is 1.03. The predicted octanol–water partition coefficient (Wildman–Crippen LogP) is 3.90. The third-order valence-corrected chi connectivity index (χ3v) is 5.31. The summed E-state index contributed by atoms with van der Waals surface area (Å²) in [5, 5.41) is 0. The van der Waals surface area contributed by atoms with Gasteiger partial charge in [0, 0.05) is 13.1 Å². The molecule has 1 saturated heterocycles. The zero-order chi connectivity index (χ0) is 17.0. The van der Waals surface area contributed by atoms with Gasteiger partial charge in [-0.05, 0) is 36.7 Å². The fraction of sp³-hybridized carbons (Fsp3) is 0.550. The summed E-state index contributed by atoms with van der Waals surface area (Å²) < 4.78 is 5.01. The molecule has 2 aliphatic rings. The molecule has 1 saturated carbocycles. The third-order valence-electron chi connectivity index (χ3n) is 5.31. The Labute approximate surface area is 140 Å². The molecule has 126 valence electrons. The van der Waals surface area contributed by atoms with E-state index in [1.165, 1.54) is 12.7 Å². The average Bonchev–Trinajstić information content (AvgIpc) is 2.91. The number of hydrogen-bond donors (Lipinski definition) is 0. The molecule has 0 aromatic heterocycles. The van der Waals surface area contributed by atoms with Gasteiger partial charge in [-0.25, -0.2) is 0 Å². The molecule has 23 heavy (non-hydrogen) atoms. The number of carbonyl (C=O) groups excluding carboxylic acids is 1. The highest BCUT2D eigenvalue weighted by molar-refractivity contribution is 5.77. The first-order valence-corrected chi connectivity index (χ1v) is 8.40. The van der Waals surface area contributed by atoms with Crippen molar-refractivity contribution in [2.45, 2.75) is 40.3 Å². The number of carbonyl (C=O) groups is 1. The number of piperidine rings is 1. The van der Waals surface area contributed by atoms with Crippen molar-refractivity contribution in [3.8, 4) is 0 Å². The normalized spacial score (nSPS) is 28.0. The Morgan fingerprint density at radius 2 is 1.87 bits per heavy atom. The van der Waals surface area contributed by atoms with Crippen LogP contribution in [0, 0.1) is 17.3 Å². The first kappa shape index (κ1) is 17.7. The van der Waals surface area contributed by atoms with Gasteiger partial charge in [0.1, 0.15) is 6.04 Å². The van der Waals surface area contributed by atoms with E-state index in [2.05, 4.69) is 30.9 Å². The number of nitrogens with zero attached hydrogens (tertiary/aromatic N) is 1. The Morgan fingerprint density at radius 3 is 2.39 bits per heavy atom. The van der Waals surface area contributed by atoms with Gasteiger partial charge in [-0.1, -0.05) is 56.3 Å². The van der Waals surface area contributed by atoms with E-state index in [9.17, 15) is 4.79 Å². The molecule has 1 aromatic rings. The van der Waals surface area contributed by atoms with E-state index in [0.717, 1.165) is 13.1 Å². The summed E-state index contributed by atoms with van der Waals surface area (Å²) in [5.41, 5.74) is 1.56. The van der Waals surface area contributed by atoms with Gasteiger partial charge in [0.25, 0.3) is 0 Å². The highest BCUT2D eigenvalue weighted by Gasteiger charge is 2.68. The van der Waals surface area contributed by atoms with E-state index in [4.69, 9.17) is 4.74 Å². The standard InChI is InChI=1S/C16H21NO2.C4H8/c1-16(2)12-10-17(9-11-7-5-4-6-8-11)14(13(12)16)15(18)19-3;1-3-4-2/h4-8,12-14H,9-10H2,1-3H3;3-4H,1-2H3/b;4-3-. The van der Waals surface area contributed by atoms with Gasteiger partial charge in [0.05, 0.1) is 7.11 Å². The van der Waals surface area contributed by atoms with Crippen LogP contribution < -0.4 is 0 Å². The SMILES string of the molecule is C/C=C\C.COC(=O)C1C2C(CN1Cc1ccccc1)C2(C)C. The van der Waals surface area contributed by atoms with Crippen LogP contribution in [0.4, 0.5) is 0 Å². The molecule has 1 aliphatic heterocycles. The summed E-state index contributed by atoms with van der Waals surface area (Å²) in [6, 6.07) is 10.3. The van der Waals surface area contributed by atoms with Crippen molar-refractivity contribution in [1.29, 1.82) is 0 Å². The third kappa shape index (κ3) is 3.66. The summed E-state index contributed by atoms with van der Waals surface area (Å²) in [4.78, 5) is 14.4. The second-order valence-electron chi connectivity index (χ2n) is 7.00. The van der Waals surface area contributed by atoms with Crippen LogP contribution in [0.3, 0.4) is 0 Å². The van der Waals surface area contributed by atoms with Gasteiger partial charge in [-0.3, -0.25) is 9.69 Å². The van der Waals surface area contributed by atoms with E-state index in [1.807, 2.05) is 44.2 Å². The molecule has 1 heterocycles. The number of allylic oxidation sites excluding steroid dienone is 2. The van der Waals surface area contributed by atoms with Gasteiger partial charge >= 0.3 is 5.97 Å². The lowest BCUT2D eigenvalue weighted by molar-refractivity contribution is -0.147. The number of fused-ring (bicyclic) bond motifs is 1. The van der Waals surface area contributed by atoms with Crippen LogP contribution in [-0.4, -0.2) is 30.6 Å². The van der Waals surface area contributed by atoms with Crippen molar-refractivity contribution >= 4 is 5.97 Å². The van der Waals surface area contributed by atoms with Crippen molar-refractivity contribution in [2.24, 2.45) is 17.3 Å². The van der Waals surface area contributed by atoms with Crippen molar-refractivity contribution in [2.75, 3.05) is 13.7 Å². The minimum atomic E-state index is -0.0750. The average molecular weight is 315 g/mol. The lowest BCUT2D eigenvalue weighted by Crippen LogP contribution is -2.42. The fourth-order valence-corrected chi connectivity index (χ4v) is 3.75. The highest BCUT2D eigenvalue weighted by Crippen LogP contribution is 2.65. The number of rotatable bonds is 3. The van der Waals surface area contributed by atoms with Gasteiger partial charge in [-0.15, -0.1) is 0 Å². The minimum absolute atomic E-state index is 0.0646.